The van der Waals surface area contributed by atoms with Crippen molar-refractivity contribution in [1.29, 1.82) is 0 Å². The Morgan fingerprint density at radius 2 is 1.80 bits per heavy atom. The van der Waals surface area contributed by atoms with Crippen LogP contribution >= 0.6 is 0 Å². The molecule has 0 saturated heterocycles. The zero-order valence-electron chi connectivity index (χ0n) is 11.7. The maximum atomic E-state index is 13.2. The molecule has 0 atom stereocenters. The molecule has 2 aromatic rings. The van der Waals surface area contributed by atoms with Gasteiger partial charge >= 0.3 is 0 Å². The minimum atomic E-state index is -0.308. The van der Waals surface area contributed by atoms with Gasteiger partial charge in [-0.3, -0.25) is 0 Å². The minimum absolute atomic E-state index is 0.217. The number of hydrogen-bond donors (Lipinski definition) is 3. The van der Waals surface area contributed by atoms with E-state index in [-0.39, 0.29) is 11.2 Å². The lowest BCUT2D eigenvalue weighted by Crippen LogP contribution is -2.19. The van der Waals surface area contributed by atoms with Crippen LogP contribution in [0.3, 0.4) is 0 Å². The van der Waals surface area contributed by atoms with E-state index in [9.17, 15) is 4.39 Å². The van der Waals surface area contributed by atoms with Gasteiger partial charge in [-0.1, -0.05) is 26.8 Å². The van der Waals surface area contributed by atoms with Crippen LogP contribution in [-0.2, 0) is 5.41 Å². The Bertz CT molecular complexity index is 607. The molecule has 20 heavy (non-hydrogen) atoms. The summed E-state index contributed by atoms with van der Waals surface area (Å²) >= 11 is 0. The summed E-state index contributed by atoms with van der Waals surface area (Å²) in [6.45, 7) is 6.03. The summed E-state index contributed by atoms with van der Waals surface area (Å²) in [7, 11) is 0. The van der Waals surface area contributed by atoms with Gasteiger partial charge in [-0.2, -0.15) is 0 Å². The molecule has 0 amide bonds. The number of rotatable bonds is 3. The molecular weight excluding hydrogens is 257 g/mol. The number of nitrogen functional groups attached to an aromatic ring is 1. The van der Waals surface area contributed by atoms with Gasteiger partial charge in [0.2, 0.25) is 0 Å². The molecule has 0 radical (unpaired) electrons. The first-order valence-electron chi connectivity index (χ1n) is 6.27. The maximum absolute atomic E-state index is 13.2. The van der Waals surface area contributed by atoms with E-state index in [0.29, 0.717) is 23.1 Å². The van der Waals surface area contributed by atoms with Crippen LogP contribution in [0, 0.1) is 5.82 Å². The lowest BCUT2D eigenvalue weighted by atomic mass is 9.96. The molecule has 0 aliphatic carbocycles. The Kier molecular flexibility index (Phi) is 3.85. The van der Waals surface area contributed by atoms with Gasteiger partial charge in [0.15, 0.2) is 0 Å². The van der Waals surface area contributed by atoms with Gasteiger partial charge in [-0.05, 0) is 18.2 Å². The number of nitrogens with two attached hydrogens (primary N) is 1. The quantitative estimate of drug-likeness (QED) is 0.593. The third-order valence-corrected chi connectivity index (χ3v) is 2.64. The molecule has 0 spiro atoms. The van der Waals surface area contributed by atoms with Crippen LogP contribution in [0.15, 0.2) is 30.3 Å². The topological polar surface area (TPSA) is 75.9 Å². The zero-order chi connectivity index (χ0) is 14.8. The average Bonchev–Trinajstić information content (AvgIpc) is 2.37. The smallest absolute Gasteiger partial charge is 0.145 e. The van der Waals surface area contributed by atoms with Gasteiger partial charge in [0.05, 0.1) is 0 Å². The Hall–Kier alpha value is -2.21. The summed E-state index contributed by atoms with van der Waals surface area (Å²) in [6.07, 6.45) is 0. The molecule has 0 bridgehead atoms. The molecule has 0 saturated carbocycles. The molecule has 106 valence electrons. The fraction of sp³-hybridized carbons (Fsp3) is 0.286. The van der Waals surface area contributed by atoms with E-state index >= 15 is 0 Å². The Labute approximate surface area is 117 Å². The molecular formula is C14H18FN5. The van der Waals surface area contributed by atoms with Crippen molar-refractivity contribution in [1.82, 2.24) is 9.97 Å². The van der Waals surface area contributed by atoms with Gasteiger partial charge in [0.1, 0.15) is 23.3 Å². The van der Waals surface area contributed by atoms with Crippen LogP contribution in [0.2, 0.25) is 0 Å². The number of hydrogen-bond acceptors (Lipinski definition) is 5. The van der Waals surface area contributed by atoms with Crippen molar-refractivity contribution in [3.63, 3.8) is 0 Å². The van der Waals surface area contributed by atoms with Gasteiger partial charge in [0, 0.05) is 17.2 Å². The van der Waals surface area contributed by atoms with Crippen LogP contribution < -0.4 is 16.6 Å². The first-order valence-corrected chi connectivity index (χ1v) is 6.27. The van der Waals surface area contributed by atoms with E-state index < -0.39 is 0 Å². The number of anilines is 3. The van der Waals surface area contributed by atoms with E-state index in [1.54, 1.807) is 18.2 Å². The van der Waals surface area contributed by atoms with Crippen molar-refractivity contribution in [2.45, 2.75) is 26.2 Å². The first kappa shape index (κ1) is 14.2. The van der Waals surface area contributed by atoms with Gasteiger partial charge in [0.25, 0.3) is 0 Å². The summed E-state index contributed by atoms with van der Waals surface area (Å²) in [5.41, 5.74) is 2.91. The maximum Gasteiger partial charge on any atom is 0.145 e. The standard InChI is InChI=1S/C14H18FN5/c1-14(2,3)13-18-11(8-12(19-13)20-16)17-10-6-4-5-9(15)7-10/h4-8H,16H2,1-3H3,(H2,17,18,19,20). The summed E-state index contributed by atoms with van der Waals surface area (Å²) < 4.78 is 13.2. The van der Waals surface area contributed by atoms with Crippen molar-refractivity contribution in [3.8, 4) is 0 Å². The molecule has 5 nitrogen and oxygen atoms in total. The zero-order valence-corrected chi connectivity index (χ0v) is 11.7. The normalized spacial score (nSPS) is 11.2. The van der Waals surface area contributed by atoms with Crippen LogP contribution in [0.25, 0.3) is 0 Å². The van der Waals surface area contributed by atoms with Crippen molar-refractivity contribution < 1.29 is 4.39 Å². The predicted molar refractivity (Wildman–Crippen MR) is 78.2 cm³/mol. The van der Waals surface area contributed by atoms with Crippen molar-refractivity contribution >= 4 is 17.3 Å². The fourth-order valence-corrected chi connectivity index (χ4v) is 1.63. The second-order valence-corrected chi connectivity index (χ2v) is 5.49. The number of hydrazine groups is 1. The van der Waals surface area contributed by atoms with Crippen LogP contribution in [0.5, 0.6) is 0 Å². The molecule has 0 aliphatic rings. The number of aromatic nitrogens is 2. The van der Waals surface area contributed by atoms with Gasteiger partial charge in [-0.25, -0.2) is 20.2 Å². The summed E-state index contributed by atoms with van der Waals surface area (Å²) in [5.74, 6) is 6.82. The molecule has 0 unspecified atom stereocenters. The second-order valence-electron chi connectivity index (χ2n) is 5.49. The Morgan fingerprint density at radius 1 is 1.10 bits per heavy atom. The molecule has 6 heteroatoms. The highest BCUT2D eigenvalue weighted by Gasteiger charge is 2.19. The Morgan fingerprint density at radius 3 is 2.40 bits per heavy atom. The highest BCUT2D eigenvalue weighted by molar-refractivity contribution is 5.59. The molecule has 0 aliphatic heterocycles. The largest absolute Gasteiger partial charge is 0.340 e. The number of halogens is 1. The molecule has 1 heterocycles. The molecule has 4 N–H and O–H groups in total. The van der Waals surface area contributed by atoms with Crippen molar-refractivity contribution in [2.75, 3.05) is 10.7 Å². The van der Waals surface area contributed by atoms with E-state index in [4.69, 9.17) is 5.84 Å². The van der Waals surface area contributed by atoms with E-state index in [0.717, 1.165) is 0 Å². The summed E-state index contributed by atoms with van der Waals surface area (Å²) in [4.78, 5) is 8.76. The summed E-state index contributed by atoms with van der Waals surface area (Å²) in [5, 5.41) is 3.05. The highest BCUT2D eigenvalue weighted by atomic mass is 19.1. The average molecular weight is 275 g/mol. The van der Waals surface area contributed by atoms with E-state index in [1.165, 1.54) is 12.1 Å². The van der Waals surface area contributed by atoms with Crippen molar-refractivity contribution in [3.05, 3.63) is 42.0 Å². The fourth-order valence-electron chi connectivity index (χ4n) is 1.63. The highest BCUT2D eigenvalue weighted by Crippen LogP contribution is 2.24. The number of nitrogens with one attached hydrogen (secondary N) is 2. The molecule has 1 aromatic heterocycles. The lowest BCUT2D eigenvalue weighted by Gasteiger charge is -2.18. The van der Waals surface area contributed by atoms with Crippen LogP contribution in [-0.4, -0.2) is 9.97 Å². The van der Waals surface area contributed by atoms with Crippen LogP contribution in [0.4, 0.5) is 21.7 Å². The van der Waals surface area contributed by atoms with Crippen LogP contribution in [0.1, 0.15) is 26.6 Å². The van der Waals surface area contributed by atoms with Gasteiger partial charge in [-0.15, -0.1) is 0 Å². The van der Waals surface area contributed by atoms with Crippen molar-refractivity contribution in [2.24, 2.45) is 5.84 Å². The first-order chi connectivity index (χ1) is 9.38. The molecule has 0 fully saturated rings. The van der Waals surface area contributed by atoms with Gasteiger partial charge < -0.3 is 10.7 Å². The summed E-state index contributed by atoms with van der Waals surface area (Å²) in [6, 6.07) is 7.84. The lowest BCUT2D eigenvalue weighted by molar-refractivity contribution is 0.547. The Balaban J connectivity index is 2.36. The predicted octanol–water partition coefficient (Wildman–Crippen LogP) is 2.94. The SMILES string of the molecule is CC(C)(C)c1nc(NN)cc(Nc2cccc(F)c2)n1. The minimum Gasteiger partial charge on any atom is -0.340 e. The number of nitrogens with zero attached hydrogens (tertiary/aromatic N) is 2. The molecule has 2 rings (SSSR count). The third kappa shape index (κ3) is 3.42. The molecule has 1 aromatic carbocycles. The van der Waals surface area contributed by atoms with E-state index in [2.05, 4.69) is 20.7 Å². The second kappa shape index (κ2) is 5.42. The van der Waals surface area contributed by atoms with E-state index in [1.807, 2.05) is 20.8 Å². The monoisotopic (exact) mass is 275 g/mol. The number of benzene rings is 1. The third-order valence-electron chi connectivity index (χ3n) is 2.64.